The minimum absolute atomic E-state index is 0.0212. The van der Waals surface area contributed by atoms with Gasteiger partial charge in [0.15, 0.2) is 0 Å². The summed E-state index contributed by atoms with van der Waals surface area (Å²) in [6.07, 6.45) is -10.3. The molecule has 1 atom stereocenters. The van der Waals surface area contributed by atoms with Crippen LogP contribution in [0.5, 0.6) is 0 Å². The van der Waals surface area contributed by atoms with Gasteiger partial charge in [0.05, 0.1) is 22.6 Å². The highest BCUT2D eigenvalue weighted by Gasteiger charge is 2.42. The highest BCUT2D eigenvalue weighted by atomic mass is 32.1. The van der Waals surface area contributed by atoms with Crippen LogP contribution in [0.1, 0.15) is 52.4 Å². The lowest BCUT2D eigenvalue weighted by atomic mass is 9.93. The molecule has 8 nitrogen and oxygen atoms in total. The number of amides is 1. The molecule has 15 heteroatoms. The number of alkyl halides is 6. The number of halogens is 6. The number of aryl methyl sites for hydroxylation is 2. The summed E-state index contributed by atoms with van der Waals surface area (Å²) < 4.78 is 82.8. The second-order valence-corrected chi connectivity index (χ2v) is 11.3. The lowest BCUT2D eigenvalue weighted by Gasteiger charge is -2.31. The smallest absolute Gasteiger partial charge is 0.397 e. The van der Waals surface area contributed by atoms with Crippen LogP contribution in [0.4, 0.5) is 26.3 Å². The summed E-state index contributed by atoms with van der Waals surface area (Å²) in [6, 6.07) is 6.55. The molecule has 42 heavy (non-hydrogen) atoms. The quantitative estimate of drug-likeness (QED) is 0.351. The number of carbonyl (C=O) groups excluding carboxylic acids is 1. The molecule has 1 aliphatic rings. The van der Waals surface area contributed by atoms with E-state index in [1.807, 2.05) is 0 Å². The zero-order valence-corrected chi connectivity index (χ0v) is 23.1. The predicted octanol–water partition coefficient (Wildman–Crippen LogP) is 5.16. The van der Waals surface area contributed by atoms with Crippen LogP contribution < -0.4 is 11.2 Å². The van der Waals surface area contributed by atoms with Crippen molar-refractivity contribution in [1.82, 2.24) is 14.0 Å². The number of likely N-dealkylation sites (tertiary alicyclic amines) is 1. The fourth-order valence-corrected chi connectivity index (χ4v) is 6.48. The predicted molar refractivity (Wildman–Crippen MR) is 142 cm³/mol. The van der Waals surface area contributed by atoms with Gasteiger partial charge in [0.25, 0.3) is 11.5 Å². The number of hydrogen-bond acceptors (Lipinski definition) is 5. The van der Waals surface area contributed by atoms with Gasteiger partial charge < -0.3 is 10.0 Å². The molecule has 0 radical (unpaired) electrons. The van der Waals surface area contributed by atoms with Gasteiger partial charge in [-0.15, -0.1) is 11.3 Å². The van der Waals surface area contributed by atoms with Crippen LogP contribution in [0.3, 0.4) is 0 Å². The van der Waals surface area contributed by atoms with Crippen LogP contribution in [0, 0.1) is 12.8 Å². The van der Waals surface area contributed by atoms with Crippen molar-refractivity contribution in [1.29, 1.82) is 0 Å². The van der Waals surface area contributed by atoms with E-state index >= 15 is 0 Å². The summed E-state index contributed by atoms with van der Waals surface area (Å²) in [5, 5.41) is 8.73. The highest BCUT2D eigenvalue weighted by molar-refractivity contribution is 7.20. The number of carbonyl (C=O) groups is 2. The zero-order chi connectivity index (χ0) is 31.0. The average Bonchev–Trinajstić information content (AvgIpc) is 3.24. The number of nitrogens with zero attached hydrogens (tertiary/aromatic N) is 3. The Balaban J connectivity index is 1.81. The Morgan fingerprint density at radius 3 is 2.19 bits per heavy atom. The molecule has 2 aromatic heterocycles. The third kappa shape index (κ3) is 6.71. The summed E-state index contributed by atoms with van der Waals surface area (Å²) in [4.78, 5) is 52.6. The lowest BCUT2D eigenvalue weighted by molar-refractivity contribution is -0.153. The van der Waals surface area contributed by atoms with E-state index in [1.54, 1.807) is 0 Å². The number of hydrogen-bond donors (Lipinski definition) is 1. The number of rotatable bonds is 8. The number of benzene rings is 1. The summed E-state index contributed by atoms with van der Waals surface area (Å²) in [6.45, 7) is -0.343. The van der Waals surface area contributed by atoms with Crippen LogP contribution in [-0.4, -0.2) is 56.5 Å². The third-order valence-electron chi connectivity index (χ3n) is 7.43. The molecular formula is C27H27F6N3O5S. The number of aliphatic carboxylic acids is 1. The maximum Gasteiger partial charge on any atom is 0.397 e. The average molecular weight is 620 g/mol. The van der Waals surface area contributed by atoms with E-state index in [-0.39, 0.29) is 51.6 Å². The van der Waals surface area contributed by atoms with Crippen molar-refractivity contribution < 1.29 is 41.0 Å². The topological polar surface area (TPSA) is 102 Å². The molecule has 1 fully saturated rings. The van der Waals surface area contributed by atoms with Crippen LogP contribution >= 0.6 is 11.3 Å². The van der Waals surface area contributed by atoms with E-state index in [2.05, 4.69) is 0 Å². The van der Waals surface area contributed by atoms with Crippen molar-refractivity contribution in [3.05, 3.63) is 67.2 Å². The van der Waals surface area contributed by atoms with Gasteiger partial charge in [0.2, 0.25) is 0 Å². The SMILES string of the molecule is Cc1c(C(=O)N2CCC(CC(=O)O)CC2)sc2c1c(=O)n(CC(c1ccccc1)C(F)(F)F)c(=O)n2CCC(F)(F)F. The molecule has 0 bridgehead atoms. The summed E-state index contributed by atoms with van der Waals surface area (Å²) in [5.74, 6) is -3.96. The van der Waals surface area contributed by atoms with Gasteiger partial charge in [-0.05, 0) is 36.8 Å². The Morgan fingerprint density at radius 1 is 1.02 bits per heavy atom. The molecule has 0 saturated carbocycles. The van der Waals surface area contributed by atoms with E-state index in [0.717, 1.165) is 0 Å². The number of aromatic nitrogens is 2. The molecule has 1 saturated heterocycles. The number of fused-ring (bicyclic) bond motifs is 1. The monoisotopic (exact) mass is 619 g/mol. The molecule has 228 valence electrons. The standard InChI is InChI=1S/C27H27F6N3O5S/c1-15-20-22(39)36(14-18(27(31,32)33)17-5-3-2-4-6-17)25(41)35(12-9-26(28,29)30)24(20)42-21(15)23(40)34-10-7-16(8-11-34)13-19(37)38/h2-6,16,18H,7-14H2,1H3,(H,37,38). The van der Waals surface area contributed by atoms with E-state index in [0.29, 0.717) is 33.3 Å². The normalized spacial score (nSPS) is 15.7. The van der Waals surface area contributed by atoms with Crippen molar-refractivity contribution >= 4 is 33.4 Å². The van der Waals surface area contributed by atoms with Gasteiger partial charge >= 0.3 is 24.0 Å². The second-order valence-electron chi connectivity index (χ2n) is 10.3. The fourth-order valence-electron chi connectivity index (χ4n) is 5.19. The molecular weight excluding hydrogens is 592 g/mol. The van der Waals surface area contributed by atoms with Gasteiger partial charge in [0.1, 0.15) is 4.83 Å². The minimum atomic E-state index is -4.89. The second kappa shape index (κ2) is 11.9. The fraction of sp³-hybridized carbons (Fsp3) is 0.481. The summed E-state index contributed by atoms with van der Waals surface area (Å²) in [5.41, 5.74) is -2.65. The van der Waals surface area contributed by atoms with Crippen molar-refractivity contribution in [2.75, 3.05) is 13.1 Å². The Bertz CT molecular complexity index is 1580. The molecule has 0 spiro atoms. The molecule has 3 heterocycles. The highest BCUT2D eigenvalue weighted by Crippen LogP contribution is 2.36. The molecule has 0 aliphatic carbocycles. The number of carboxylic acids is 1. The van der Waals surface area contributed by atoms with Crippen LogP contribution in [0.25, 0.3) is 10.2 Å². The number of thiophene rings is 1. The van der Waals surface area contributed by atoms with Gasteiger partial charge in [0, 0.05) is 32.6 Å². The van der Waals surface area contributed by atoms with Crippen molar-refractivity contribution in [2.24, 2.45) is 5.92 Å². The molecule has 4 rings (SSSR count). The maximum absolute atomic E-state index is 14.1. The van der Waals surface area contributed by atoms with Crippen LogP contribution in [-0.2, 0) is 17.9 Å². The van der Waals surface area contributed by atoms with Crippen LogP contribution in [0.15, 0.2) is 39.9 Å². The first-order valence-electron chi connectivity index (χ1n) is 13.0. The van der Waals surface area contributed by atoms with Gasteiger partial charge in [-0.3, -0.25) is 23.5 Å². The Hall–Kier alpha value is -3.62. The van der Waals surface area contributed by atoms with Gasteiger partial charge in [-0.1, -0.05) is 30.3 Å². The maximum atomic E-state index is 14.1. The van der Waals surface area contributed by atoms with Gasteiger partial charge in [-0.2, -0.15) is 26.3 Å². The Labute approximate surface area is 238 Å². The summed E-state index contributed by atoms with van der Waals surface area (Å²) >= 11 is 0.647. The molecule has 3 aromatic rings. The minimum Gasteiger partial charge on any atom is -0.481 e. The van der Waals surface area contributed by atoms with E-state index in [1.165, 1.54) is 42.2 Å². The Kier molecular flexibility index (Phi) is 8.90. The summed E-state index contributed by atoms with van der Waals surface area (Å²) in [7, 11) is 0. The molecule has 1 amide bonds. The molecule has 1 aliphatic heterocycles. The number of piperidine rings is 1. The third-order valence-corrected chi connectivity index (χ3v) is 8.74. The molecule has 1 unspecified atom stereocenters. The lowest BCUT2D eigenvalue weighted by Crippen LogP contribution is -2.43. The largest absolute Gasteiger partial charge is 0.481 e. The van der Waals surface area contributed by atoms with Crippen molar-refractivity contribution in [3.8, 4) is 0 Å². The van der Waals surface area contributed by atoms with E-state index < -0.39 is 60.9 Å². The van der Waals surface area contributed by atoms with Crippen LogP contribution in [0.2, 0.25) is 0 Å². The Morgan fingerprint density at radius 2 is 1.64 bits per heavy atom. The zero-order valence-electron chi connectivity index (χ0n) is 22.3. The van der Waals surface area contributed by atoms with Crippen molar-refractivity contribution in [3.63, 3.8) is 0 Å². The van der Waals surface area contributed by atoms with E-state index in [9.17, 15) is 45.5 Å². The molecule has 1 aromatic carbocycles. The number of carboxylic acid groups (broad SMARTS) is 1. The first-order chi connectivity index (χ1) is 19.6. The van der Waals surface area contributed by atoms with Crippen molar-refractivity contribution in [2.45, 2.75) is 64.0 Å². The van der Waals surface area contributed by atoms with Gasteiger partial charge in [-0.25, -0.2) is 4.79 Å². The first-order valence-corrected chi connectivity index (χ1v) is 13.9. The first kappa shape index (κ1) is 31.3. The van der Waals surface area contributed by atoms with E-state index in [4.69, 9.17) is 5.11 Å². The molecule has 1 N–H and O–H groups in total.